The van der Waals surface area contributed by atoms with E-state index in [-0.39, 0.29) is 11.7 Å². The van der Waals surface area contributed by atoms with Gasteiger partial charge in [0.25, 0.3) is 5.91 Å². The summed E-state index contributed by atoms with van der Waals surface area (Å²) in [6.45, 7) is 2.68. The standard InChI is InChI=1S/C19H19NO4/c1-3-10-23-15-8-5-7-14(12-15)20-19(21)17-11-13-6-4-9-16(22-2)18(13)24-17/h4-9,11-12H,3,10H2,1-2H3,(H,20,21). The Morgan fingerprint density at radius 3 is 2.79 bits per heavy atom. The predicted octanol–water partition coefficient (Wildman–Crippen LogP) is 4.48. The highest BCUT2D eigenvalue weighted by Gasteiger charge is 2.15. The van der Waals surface area contributed by atoms with E-state index in [1.807, 2.05) is 31.2 Å². The molecule has 0 unspecified atom stereocenters. The van der Waals surface area contributed by atoms with Gasteiger partial charge in [-0.25, -0.2) is 0 Å². The summed E-state index contributed by atoms with van der Waals surface area (Å²) in [5.74, 6) is 1.23. The van der Waals surface area contributed by atoms with Crippen LogP contribution in [0.3, 0.4) is 0 Å². The molecule has 0 bridgehead atoms. The van der Waals surface area contributed by atoms with Crippen molar-refractivity contribution in [3.63, 3.8) is 0 Å². The van der Waals surface area contributed by atoms with Crippen LogP contribution in [0.1, 0.15) is 23.9 Å². The molecular weight excluding hydrogens is 306 g/mol. The Hall–Kier alpha value is -2.95. The second-order valence-electron chi connectivity index (χ2n) is 5.32. The number of hydrogen-bond acceptors (Lipinski definition) is 4. The number of nitrogens with one attached hydrogen (secondary N) is 1. The number of methoxy groups -OCH3 is 1. The maximum absolute atomic E-state index is 12.4. The van der Waals surface area contributed by atoms with Gasteiger partial charge in [0, 0.05) is 17.1 Å². The summed E-state index contributed by atoms with van der Waals surface area (Å²) < 4.78 is 16.5. The second-order valence-corrected chi connectivity index (χ2v) is 5.32. The molecule has 0 saturated heterocycles. The molecule has 0 atom stereocenters. The van der Waals surface area contributed by atoms with E-state index in [1.54, 1.807) is 31.4 Å². The van der Waals surface area contributed by atoms with Gasteiger partial charge in [0.15, 0.2) is 17.1 Å². The molecule has 0 aliphatic heterocycles. The smallest absolute Gasteiger partial charge is 0.291 e. The van der Waals surface area contributed by atoms with Crippen molar-refractivity contribution in [2.75, 3.05) is 19.0 Å². The van der Waals surface area contributed by atoms with Crippen molar-refractivity contribution in [3.8, 4) is 11.5 Å². The average molecular weight is 325 g/mol. The first-order valence-electron chi connectivity index (χ1n) is 7.82. The van der Waals surface area contributed by atoms with Gasteiger partial charge in [-0.2, -0.15) is 0 Å². The number of carbonyl (C=O) groups is 1. The van der Waals surface area contributed by atoms with Gasteiger partial charge in [-0.1, -0.05) is 25.1 Å². The fourth-order valence-corrected chi connectivity index (χ4v) is 2.39. The fourth-order valence-electron chi connectivity index (χ4n) is 2.39. The second kappa shape index (κ2) is 7.08. The first kappa shape index (κ1) is 15.9. The van der Waals surface area contributed by atoms with E-state index in [4.69, 9.17) is 13.9 Å². The maximum Gasteiger partial charge on any atom is 0.291 e. The summed E-state index contributed by atoms with van der Waals surface area (Å²) in [6.07, 6.45) is 0.928. The number of para-hydroxylation sites is 1. The summed E-state index contributed by atoms with van der Waals surface area (Å²) in [5.41, 5.74) is 1.21. The Kier molecular flexibility index (Phi) is 4.70. The van der Waals surface area contributed by atoms with Crippen LogP contribution in [0.4, 0.5) is 5.69 Å². The molecule has 1 aromatic heterocycles. The molecule has 124 valence electrons. The minimum atomic E-state index is -0.319. The minimum Gasteiger partial charge on any atom is -0.494 e. The Balaban J connectivity index is 1.80. The quantitative estimate of drug-likeness (QED) is 0.726. The lowest BCUT2D eigenvalue weighted by atomic mass is 10.2. The Morgan fingerprint density at radius 2 is 2.00 bits per heavy atom. The van der Waals surface area contributed by atoms with E-state index in [0.717, 1.165) is 17.6 Å². The van der Waals surface area contributed by atoms with Crippen molar-refractivity contribution in [2.45, 2.75) is 13.3 Å². The van der Waals surface area contributed by atoms with Crippen molar-refractivity contribution in [2.24, 2.45) is 0 Å². The molecule has 5 nitrogen and oxygen atoms in total. The van der Waals surface area contributed by atoms with Crippen molar-refractivity contribution in [1.82, 2.24) is 0 Å². The van der Waals surface area contributed by atoms with Gasteiger partial charge < -0.3 is 19.2 Å². The van der Waals surface area contributed by atoms with Crippen LogP contribution in [-0.4, -0.2) is 19.6 Å². The zero-order valence-electron chi connectivity index (χ0n) is 13.7. The summed E-state index contributed by atoms with van der Waals surface area (Å²) in [6, 6.07) is 14.5. The maximum atomic E-state index is 12.4. The van der Waals surface area contributed by atoms with E-state index in [1.165, 1.54) is 0 Å². The summed E-state index contributed by atoms with van der Waals surface area (Å²) in [4.78, 5) is 12.4. The van der Waals surface area contributed by atoms with Crippen LogP contribution in [0, 0.1) is 0 Å². The Bertz CT molecular complexity index is 853. The first-order valence-corrected chi connectivity index (χ1v) is 7.82. The molecule has 3 aromatic rings. The monoisotopic (exact) mass is 325 g/mol. The molecule has 1 amide bonds. The number of hydrogen-bond donors (Lipinski definition) is 1. The highest BCUT2D eigenvalue weighted by atomic mass is 16.5. The molecule has 3 rings (SSSR count). The van der Waals surface area contributed by atoms with E-state index >= 15 is 0 Å². The van der Waals surface area contributed by atoms with Gasteiger partial charge in [0.05, 0.1) is 13.7 Å². The van der Waals surface area contributed by atoms with E-state index in [2.05, 4.69) is 5.32 Å². The van der Waals surface area contributed by atoms with Gasteiger partial charge in [-0.05, 0) is 30.7 Å². The van der Waals surface area contributed by atoms with E-state index in [0.29, 0.717) is 23.6 Å². The van der Waals surface area contributed by atoms with Crippen molar-refractivity contribution >= 4 is 22.6 Å². The molecule has 5 heteroatoms. The van der Waals surface area contributed by atoms with Gasteiger partial charge in [0.2, 0.25) is 0 Å². The van der Waals surface area contributed by atoms with Crippen LogP contribution in [0.25, 0.3) is 11.0 Å². The van der Waals surface area contributed by atoms with Crippen molar-refractivity contribution in [3.05, 3.63) is 54.3 Å². The highest BCUT2D eigenvalue weighted by molar-refractivity contribution is 6.05. The number of carbonyl (C=O) groups excluding carboxylic acids is 1. The predicted molar refractivity (Wildman–Crippen MR) is 92.9 cm³/mol. The van der Waals surface area contributed by atoms with Gasteiger partial charge in [-0.15, -0.1) is 0 Å². The molecule has 1 N–H and O–H groups in total. The number of ether oxygens (including phenoxy) is 2. The van der Waals surface area contributed by atoms with Crippen LogP contribution in [-0.2, 0) is 0 Å². The third-order valence-corrected chi connectivity index (χ3v) is 3.52. The topological polar surface area (TPSA) is 60.7 Å². The van der Waals surface area contributed by atoms with Crippen LogP contribution in [0.5, 0.6) is 11.5 Å². The largest absolute Gasteiger partial charge is 0.494 e. The summed E-state index contributed by atoms with van der Waals surface area (Å²) in [5, 5.41) is 3.64. The first-order chi connectivity index (χ1) is 11.7. The molecule has 0 fully saturated rings. The number of benzene rings is 2. The lowest BCUT2D eigenvalue weighted by Gasteiger charge is -2.07. The number of furan rings is 1. The summed E-state index contributed by atoms with van der Waals surface area (Å²) >= 11 is 0. The molecule has 0 aliphatic rings. The van der Waals surface area contributed by atoms with E-state index < -0.39 is 0 Å². The van der Waals surface area contributed by atoms with E-state index in [9.17, 15) is 4.79 Å². The summed E-state index contributed by atoms with van der Waals surface area (Å²) in [7, 11) is 1.57. The van der Waals surface area contributed by atoms with Crippen LogP contribution in [0.15, 0.2) is 52.9 Å². The lowest BCUT2D eigenvalue weighted by molar-refractivity contribution is 0.0998. The normalized spacial score (nSPS) is 10.6. The molecule has 0 spiro atoms. The lowest BCUT2D eigenvalue weighted by Crippen LogP contribution is -2.10. The third kappa shape index (κ3) is 3.35. The number of amides is 1. The van der Waals surface area contributed by atoms with Crippen molar-refractivity contribution in [1.29, 1.82) is 0 Å². The SMILES string of the molecule is CCCOc1cccc(NC(=O)c2cc3cccc(OC)c3o2)c1. The molecule has 0 radical (unpaired) electrons. The van der Waals surface area contributed by atoms with Crippen LogP contribution in [0.2, 0.25) is 0 Å². The zero-order chi connectivity index (χ0) is 16.9. The molecule has 0 aliphatic carbocycles. The number of anilines is 1. The van der Waals surface area contributed by atoms with Gasteiger partial charge >= 0.3 is 0 Å². The minimum absolute atomic E-state index is 0.231. The molecule has 1 heterocycles. The number of fused-ring (bicyclic) bond motifs is 1. The molecule has 0 saturated carbocycles. The van der Waals surface area contributed by atoms with Crippen LogP contribution >= 0.6 is 0 Å². The third-order valence-electron chi connectivity index (χ3n) is 3.52. The van der Waals surface area contributed by atoms with Gasteiger partial charge in [0.1, 0.15) is 5.75 Å². The Labute approximate surface area is 140 Å². The number of rotatable bonds is 6. The molecule has 2 aromatic carbocycles. The Morgan fingerprint density at radius 1 is 1.17 bits per heavy atom. The fraction of sp³-hybridized carbons (Fsp3) is 0.211. The molecule has 24 heavy (non-hydrogen) atoms. The van der Waals surface area contributed by atoms with Crippen LogP contribution < -0.4 is 14.8 Å². The van der Waals surface area contributed by atoms with Gasteiger partial charge in [-0.3, -0.25) is 4.79 Å². The van der Waals surface area contributed by atoms with Crippen molar-refractivity contribution < 1.29 is 18.7 Å². The molecular formula is C19H19NO4. The average Bonchev–Trinajstić information content (AvgIpc) is 3.04. The highest BCUT2D eigenvalue weighted by Crippen LogP contribution is 2.29. The zero-order valence-corrected chi connectivity index (χ0v) is 13.7.